The number of amides is 3. The molecule has 5 rings (SSSR count). The number of hydrogen-bond acceptors (Lipinski definition) is 9. The minimum Gasteiger partial charge on any atom is -0.493 e. The van der Waals surface area contributed by atoms with Crippen LogP contribution in [0.5, 0.6) is 11.5 Å². The summed E-state index contributed by atoms with van der Waals surface area (Å²) in [6.45, 7) is 13.0. The largest absolute Gasteiger partial charge is 0.493 e. The molecular formula is C37H58N4O8. The normalized spacial score (nSPS) is 23.2. The Kier molecular flexibility index (Phi) is 12.0. The molecule has 12 heteroatoms. The number of likely N-dealkylation sites (tertiary alicyclic amines) is 1. The zero-order valence-corrected chi connectivity index (χ0v) is 30.4. The number of hydrogen-bond donors (Lipinski definition) is 2. The summed E-state index contributed by atoms with van der Waals surface area (Å²) in [5.41, 5.74) is 7.61. The van der Waals surface area contributed by atoms with E-state index in [1.165, 1.54) is 4.90 Å². The van der Waals surface area contributed by atoms with Gasteiger partial charge in [0.05, 0.1) is 25.0 Å². The number of nitrogens with zero attached hydrogens (tertiary/aromatic N) is 2. The standard InChI is InChI=1S/C37H58N4O8/c1-36(2,3)49-35(44)40-22-28(33(42)39-37(4,5)25-12-17-46-18-13-25)32(38)29(23-40)34(43)41(26-10-11-26)21-24-19-30-27(9-7-15-47-30)31(20-24)48-16-8-14-45-6/h19-20,25-26,28-29,32H,7-18,21-23,38H2,1-6H3,(H,39,42). The monoisotopic (exact) mass is 686 g/mol. The van der Waals surface area contributed by atoms with Crippen molar-refractivity contribution in [1.29, 1.82) is 0 Å². The second-order valence-electron chi connectivity index (χ2n) is 15.7. The van der Waals surface area contributed by atoms with Crippen LogP contribution in [0, 0.1) is 17.8 Å². The quantitative estimate of drug-likeness (QED) is 0.312. The van der Waals surface area contributed by atoms with Gasteiger partial charge in [0.15, 0.2) is 0 Å². The Morgan fingerprint density at radius 1 is 1.00 bits per heavy atom. The van der Waals surface area contributed by atoms with Crippen molar-refractivity contribution in [1.82, 2.24) is 15.1 Å². The van der Waals surface area contributed by atoms with E-state index in [9.17, 15) is 14.4 Å². The SMILES string of the molecule is COCCCOc1cc(CN(C(=O)C2CN(C(=O)OC(C)(C)C)CC(C(=O)NC(C)(C)C3CCOCC3)C2N)C2CC2)cc2c1CCCO2. The molecule has 274 valence electrons. The highest BCUT2D eigenvalue weighted by molar-refractivity contribution is 5.86. The highest BCUT2D eigenvalue weighted by Gasteiger charge is 2.48. The van der Waals surface area contributed by atoms with Crippen LogP contribution in [-0.4, -0.2) is 104 Å². The second kappa shape index (κ2) is 15.9. The summed E-state index contributed by atoms with van der Waals surface area (Å²) < 4.78 is 28.7. The first-order chi connectivity index (χ1) is 23.3. The first kappa shape index (κ1) is 37.2. The van der Waals surface area contributed by atoms with Crippen LogP contribution in [0.3, 0.4) is 0 Å². The molecule has 2 saturated heterocycles. The highest BCUT2D eigenvalue weighted by atomic mass is 16.6. The van der Waals surface area contributed by atoms with Crippen molar-refractivity contribution in [2.45, 2.75) is 109 Å². The van der Waals surface area contributed by atoms with Crippen LogP contribution >= 0.6 is 0 Å². The fourth-order valence-electron chi connectivity index (χ4n) is 7.25. The third kappa shape index (κ3) is 9.58. The average molecular weight is 687 g/mol. The van der Waals surface area contributed by atoms with Crippen molar-refractivity contribution in [2.75, 3.05) is 53.2 Å². The number of carbonyl (C=O) groups is 3. The summed E-state index contributed by atoms with van der Waals surface area (Å²) >= 11 is 0. The molecule has 49 heavy (non-hydrogen) atoms. The predicted molar refractivity (Wildman–Crippen MR) is 184 cm³/mol. The van der Waals surface area contributed by atoms with Gasteiger partial charge in [-0.1, -0.05) is 0 Å². The Bertz CT molecular complexity index is 1320. The lowest BCUT2D eigenvalue weighted by Gasteiger charge is -2.44. The van der Waals surface area contributed by atoms with E-state index in [1.807, 2.05) is 30.9 Å². The van der Waals surface area contributed by atoms with Crippen LogP contribution in [0.1, 0.15) is 84.3 Å². The van der Waals surface area contributed by atoms with E-state index in [2.05, 4.69) is 5.32 Å². The van der Waals surface area contributed by atoms with Gasteiger partial charge >= 0.3 is 6.09 Å². The van der Waals surface area contributed by atoms with Gasteiger partial charge in [0.1, 0.15) is 17.1 Å². The fraction of sp³-hybridized carbons (Fsp3) is 0.757. The molecule has 3 aliphatic heterocycles. The molecule has 1 aromatic rings. The summed E-state index contributed by atoms with van der Waals surface area (Å²) in [6.07, 6.45) is 5.45. The molecule has 0 spiro atoms. The molecule has 3 fully saturated rings. The molecule has 1 saturated carbocycles. The lowest BCUT2D eigenvalue weighted by atomic mass is 9.79. The van der Waals surface area contributed by atoms with Crippen molar-refractivity contribution in [3.63, 3.8) is 0 Å². The third-order valence-electron chi connectivity index (χ3n) is 10.2. The number of carbonyl (C=O) groups excluding carboxylic acids is 3. The molecular weight excluding hydrogens is 628 g/mol. The van der Waals surface area contributed by atoms with E-state index in [4.69, 9.17) is 29.4 Å². The van der Waals surface area contributed by atoms with E-state index in [0.29, 0.717) is 39.6 Å². The summed E-state index contributed by atoms with van der Waals surface area (Å²) in [5, 5.41) is 3.24. The Labute approximate surface area is 291 Å². The molecule has 1 aliphatic carbocycles. The molecule has 12 nitrogen and oxygen atoms in total. The first-order valence-electron chi connectivity index (χ1n) is 18.1. The Morgan fingerprint density at radius 3 is 2.39 bits per heavy atom. The summed E-state index contributed by atoms with van der Waals surface area (Å²) in [5.74, 6) is -0.184. The lowest BCUT2D eigenvalue weighted by Crippen LogP contribution is -2.64. The van der Waals surface area contributed by atoms with E-state index < -0.39 is 35.1 Å². The van der Waals surface area contributed by atoms with Gasteiger partial charge in [-0.15, -0.1) is 0 Å². The number of ether oxygens (including phenoxy) is 5. The van der Waals surface area contributed by atoms with Gasteiger partial charge in [-0.25, -0.2) is 4.79 Å². The topological polar surface area (TPSA) is 142 Å². The van der Waals surface area contributed by atoms with E-state index in [0.717, 1.165) is 67.6 Å². The number of benzene rings is 1. The van der Waals surface area contributed by atoms with Gasteiger partial charge in [0, 0.05) is 76.2 Å². The van der Waals surface area contributed by atoms with Crippen molar-refractivity contribution < 1.29 is 38.1 Å². The van der Waals surface area contributed by atoms with Crippen LogP contribution in [0.4, 0.5) is 4.79 Å². The number of nitrogens with two attached hydrogens (primary N) is 1. The molecule has 3 N–H and O–H groups in total. The van der Waals surface area contributed by atoms with E-state index in [-0.39, 0.29) is 36.9 Å². The van der Waals surface area contributed by atoms with Gasteiger partial charge < -0.3 is 44.5 Å². The highest BCUT2D eigenvalue weighted by Crippen LogP contribution is 2.38. The Hall–Kier alpha value is -3.09. The van der Waals surface area contributed by atoms with Crippen molar-refractivity contribution in [2.24, 2.45) is 23.5 Å². The van der Waals surface area contributed by atoms with Gasteiger partial charge in [-0.3, -0.25) is 9.59 Å². The fourth-order valence-corrected chi connectivity index (χ4v) is 7.25. The van der Waals surface area contributed by atoms with Crippen LogP contribution in [-0.2, 0) is 36.8 Å². The Morgan fingerprint density at radius 2 is 1.71 bits per heavy atom. The Balaban J connectivity index is 1.38. The molecule has 0 bridgehead atoms. The summed E-state index contributed by atoms with van der Waals surface area (Å²) in [4.78, 5) is 45.5. The minimum absolute atomic E-state index is 0.0550. The molecule has 3 unspecified atom stereocenters. The molecule has 1 aromatic carbocycles. The maximum Gasteiger partial charge on any atom is 0.410 e. The number of piperidine rings is 1. The van der Waals surface area contributed by atoms with Crippen LogP contribution < -0.4 is 20.5 Å². The zero-order chi connectivity index (χ0) is 35.3. The molecule has 0 aromatic heterocycles. The van der Waals surface area contributed by atoms with Crippen LogP contribution in [0.2, 0.25) is 0 Å². The lowest BCUT2D eigenvalue weighted by molar-refractivity contribution is -0.142. The van der Waals surface area contributed by atoms with E-state index in [1.54, 1.807) is 27.9 Å². The first-order valence-corrected chi connectivity index (χ1v) is 18.1. The smallest absolute Gasteiger partial charge is 0.410 e. The average Bonchev–Trinajstić information content (AvgIpc) is 3.90. The second-order valence-corrected chi connectivity index (χ2v) is 15.7. The molecule has 3 amide bonds. The van der Waals surface area contributed by atoms with Gasteiger partial charge in [-0.2, -0.15) is 0 Å². The number of rotatable bonds is 12. The maximum absolute atomic E-state index is 14.6. The minimum atomic E-state index is -0.792. The maximum atomic E-state index is 14.6. The summed E-state index contributed by atoms with van der Waals surface area (Å²) in [6, 6.07) is 3.30. The van der Waals surface area contributed by atoms with Crippen molar-refractivity contribution >= 4 is 17.9 Å². The third-order valence-corrected chi connectivity index (χ3v) is 10.2. The molecule has 0 radical (unpaired) electrons. The number of fused-ring (bicyclic) bond motifs is 1. The molecule has 4 aliphatic rings. The van der Waals surface area contributed by atoms with Crippen LogP contribution in [0.15, 0.2) is 12.1 Å². The van der Waals surface area contributed by atoms with Gasteiger partial charge in [0.2, 0.25) is 11.8 Å². The molecule has 3 heterocycles. The number of methoxy groups -OCH3 is 1. The predicted octanol–water partition coefficient (Wildman–Crippen LogP) is 4.05. The van der Waals surface area contributed by atoms with Crippen LogP contribution in [0.25, 0.3) is 0 Å². The van der Waals surface area contributed by atoms with Gasteiger partial charge in [-0.05, 0) is 96.8 Å². The zero-order valence-electron chi connectivity index (χ0n) is 30.4. The molecule has 3 atom stereocenters. The van der Waals surface area contributed by atoms with Crippen molar-refractivity contribution in [3.05, 3.63) is 23.3 Å². The summed E-state index contributed by atoms with van der Waals surface area (Å²) in [7, 11) is 1.67. The van der Waals surface area contributed by atoms with Crippen molar-refractivity contribution in [3.8, 4) is 11.5 Å². The number of nitrogens with one attached hydrogen (secondary N) is 1. The van der Waals surface area contributed by atoms with E-state index >= 15 is 0 Å². The van der Waals surface area contributed by atoms with Gasteiger partial charge in [0.25, 0.3) is 0 Å².